The third kappa shape index (κ3) is 4.96. The van der Waals surface area contributed by atoms with Gasteiger partial charge < -0.3 is 14.4 Å². The van der Waals surface area contributed by atoms with E-state index in [4.69, 9.17) is 9.47 Å². The van der Waals surface area contributed by atoms with E-state index in [1.54, 1.807) is 36.3 Å². The summed E-state index contributed by atoms with van der Waals surface area (Å²) in [6.07, 6.45) is 3.55. The predicted octanol–water partition coefficient (Wildman–Crippen LogP) is 3.93. The predicted molar refractivity (Wildman–Crippen MR) is 122 cm³/mol. The van der Waals surface area contributed by atoms with Crippen molar-refractivity contribution in [3.05, 3.63) is 64.6 Å². The normalized spacial score (nSPS) is 17.3. The van der Waals surface area contributed by atoms with Gasteiger partial charge in [-0.15, -0.1) is 0 Å². The van der Waals surface area contributed by atoms with Crippen molar-refractivity contribution in [1.82, 2.24) is 9.80 Å². The van der Waals surface area contributed by atoms with Gasteiger partial charge in [0.1, 0.15) is 13.2 Å². The SMILES string of the molecule is COc1cc(/C=C2/SC(=O)N(CC(=O)N3CCCC3)C2=O)ccc1OCc1ccccc1. The first-order valence-corrected chi connectivity index (χ1v) is 11.2. The molecular weight excluding hydrogens is 428 g/mol. The smallest absolute Gasteiger partial charge is 0.294 e. The first kappa shape index (κ1) is 22.0. The molecule has 0 spiro atoms. The molecule has 166 valence electrons. The van der Waals surface area contributed by atoms with Gasteiger partial charge in [0.25, 0.3) is 11.1 Å². The Morgan fingerprint density at radius 1 is 1.06 bits per heavy atom. The lowest BCUT2D eigenvalue weighted by atomic mass is 10.1. The Morgan fingerprint density at radius 2 is 1.81 bits per heavy atom. The number of thioether (sulfide) groups is 1. The zero-order valence-electron chi connectivity index (χ0n) is 17.8. The molecule has 2 saturated heterocycles. The molecule has 4 rings (SSSR count). The second-order valence-electron chi connectivity index (χ2n) is 7.54. The molecule has 0 saturated carbocycles. The van der Waals surface area contributed by atoms with Crippen molar-refractivity contribution in [3.63, 3.8) is 0 Å². The summed E-state index contributed by atoms with van der Waals surface area (Å²) in [5.41, 5.74) is 1.74. The number of likely N-dealkylation sites (tertiary alicyclic amines) is 1. The number of methoxy groups -OCH3 is 1. The lowest BCUT2D eigenvalue weighted by Gasteiger charge is -2.18. The van der Waals surface area contributed by atoms with Crippen LogP contribution < -0.4 is 9.47 Å². The number of hydrogen-bond donors (Lipinski definition) is 0. The van der Waals surface area contributed by atoms with E-state index in [-0.39, 0.29) is 17.4 Å². The average Bonchev–Trinajstić information content (AvgIpc) is 3.44. The summed E-state index contributed by atoms with van der Waals surface area (Å²) in [6.45, 7) is 1.56. The Labute approximate surface area is 191 Å². The highest BCUT2D eigenvalue weighted by molar-refractivity contribution is 8.18. The van der Waals surface area contributed by atoms with E-state index < -0.39 is 11.1 Å². The van der Waals surface area contributed by atoms with Crippen LogP contribution >= 0.6 is 11.8 Å². The molecule has 2 fully saturated rings. The van der Waals surface area contributed by atoms with E-state index in [9.17, 15) is 14.4 Å². The first-order valence-electron chi connectivity index (χ1n) is 10.4. The topological polar surface area (TPSA) is 76.2 Å². The average molecular weight is 453 g/mol. The Bertz CT molecular complexity index is 1050. The van der Waals surface area contributed by atoms with E-state index in [1.165, 1.54) is 0 Å². The number of nitrogens with zero attached hydrogens (tertiary/aromatic N) is 2. The number of benzene rings is 2. The van der Waals surface area contributed by atoms with Gasteiger partial charge in [0.05, 0.1) is 12.0 Å². The van der Waals surface area contributed by atoms with Crippen molar-refractivity contribution in [1.29, 1.82) is 0 Å². The zero-order valence-corrected chi connectivity index (χ0v) is 18.6. The molecule has 0 unspecified atom stereocenters. The molecular formula is C24H24N2O5S. The van der Waals surface area contributed by atoms with E-state index in [1.807, 2.05) is 30.3 Å². The minimum absolute atomic E-state index is 0.187. The largest absolute Gasteiger partial charge is 0.493 e. The second kappa shape index (κ2) is 9.91. The molecule has 2 aromatic rings. The molecule has 8 heteroatoms. The van der Waals surface area contributed by atoms with Crippen molar-refractivity contribution < 1.29 is 23.9 Å². The lowest BCUT2D eigenvalue weighted by molar-refractivity contribution is -0.135. The first-order chi connectivity index (χ1) is 15.5. The Hall–Kier alpha value is -3.26. The molecule has 0 N–H and O–H groups in total. The van der Waals surface area contributed by atoms with Crippen molar-refractivity contribution in [3.8, 4) is 11.5 Å². The summed E-state index contributed by atoms with van der Waals surface area (Å²) < 4.78 is 11.3. The molecule has 0 atom stereocenters. The minimum atomic E-state index is -0.448. The number of imide groups is 1. The van der Waals surface area contributed by atoms with Crippen LogP contribution in [0.4, 0.5) is 4.79 Å². The summed E-state index contributed by atoms with van der Waals surface area (Å²) in [5.74, 6) is 0.472. The van der Waals surface area contributed by atoms with Gasteiger partial charge in [-0.1, -0.05) is 36.4 Å². The third-order valence-corrected chi connectivity index (χ3v) is 6.26. The maximum atomic E-state index is 12.7. The Morgan fingerprint density at radius 3 is 2.53 bits per heavy atom. The fourth-order valence-corrected chi connectivity index (χ4v) is 4.46. The zero-order chi connectivity index (χ0) is 22.5. The van der Waals surface area contributed by atoms with Crippen LogP contribution in [0.2, 0.25) is 0 Å². The van der Waals surface area contributed by atoms with E-state index in [2.05, 4.69) is 0 Å². The second-order valence-corrected chi connectivity index (χ2v) is 8.53. The van der Waals surface area contributed by atoms with Gasteiger partial charge in [0.15, 0.2) is 11.5 Å². The maximum Gasteiger partial charge on any atom is 0.294 e. The molecule has 0 aromatic heterocycles. The molecule has 0 radical (unpaired) electrons. The molecule has 2 aromatic carbocycles. The molecule has 7 nitrogen and oxygen atoms in total. The van der Waals surface area contributed by atoms with Crippen LogP contribution in [-0.2, 0) is 16.2 Å². The molecule has 0 aliphatic carbocycles. The van der Waals surface area contributed by atoms with E-state index in [0.717, 1.165) is 35.1 Å². The van der Waals surface area contributed by atoms with Crippen LogP contribution in [0, 0.1) is 0 Å². The molecule has 2 aliphatic rings. The van der Waals surface area contributed by atoms with Crippen molar-refractivity contribution in [2.45, 2.75) is 19.4 Å². The standard InChI is InChI=1S/C24H24N2O5S/c1-30-20-13-18(9-10-19(20)31-16-17-7-3-2-4-8-17)14-21-23(28)26(24(29)32-21)15-22(27)25-11-5-6-12-25/h2-4,7-10,13-14H,5-6,11-12,15-16H2,1H3/b21-14+. The Kier molecular flexibility index (Phi) is 6.80. The quantitative estimate of drug-likeness (QED) is 0.593. The van der Waals surface area contributed by atoms with Gasteiger partial charge in [-0.25, -0.2) is 0 Å². The lowest BCUT2D eigenvalue weighted by Crippen LogP contribution is -2.40. The van der Waals surface area contributed by atoms with Crippen LogP contribution in [-0.4, -0.2) is 53.6 Å². The van der Waals surface area contributed by atoms with Gasteiger partial charge in [-0.2, -0.15) is 0 Å². The van der Waals surface area contributed by atoms with Crippen molar-refractivity contribution in [2.75, 3.05) is 26.7 Å². The van der Waals surface area contributed by atoms with Crippen LogP contribution in [0.15, 0.2) is 53.4 Å². The van der Waals surface area contributed by atoms with E-state index in [0.29, 0.717) is 36.8 Å². The summed E-state index contributed by atoms with van der Waals surface area (Å²) in [6, 6.07) is 15.1. The van der Waals surface area contributed by atoms with E-state index >= 15 is 0 Å². The van der Waals surface area contributed by atoms with Gasteiger partial charge in [0, 0.05) is 13.1 Å². The van der Waals surface area contributed by atoms with Gasteiger partial charge in [-0.3, -0.25) is 19.3 Å². The number of carbonyl (C=O) groups excluding carboxylic acids is 3. The monoisotopic (exact) mass is 452 g/mol. The fraction of sp³-hybridized carbons (Fsp3) is 0.292. The summed E-state index contributed by atoms with van der Waals surface area (Å²) in [7, 11) is 1.55. The fourth-order valence-electron chi connectivity index (χ4n) is 3.62. The van der Waals surface area contributed by atoms with Crippen LogP contribution in [0.25, 0.3) is 6.08 Å². The summed E-state index contributed by atoms with van der Waals surface area (Å²) in [4.78, 5) is 40.5. The number of hydrogen-bond acceptors (Lipinski definition) is 6. The highest BCUT2D eigenvalue weighted by Crippen LogP contribution is 2.35. The molecule has 3 amide bonds. The van der Waals surface area contributed by atoms with Crippen LogP contribution in [0.1, 0.15) is 24.0 Å². The number of ether oxygens (including phenoxy) is 2. The third-order valence-electron chi connectivity index (χ3n) is 5.35. The highest BCUT2D eigenvalue weighted by atomic mass is 32.2. The number of carbonyl (C=O) groups is 3. The van der Waals surface area contributed by atoms with Crippen molar-refractivity contribution >= 4 is 34.9 Å². The van der Waals surface area contributed by atoms with Gasteiger partial charge >= 0.3 is 0 Å². The molecule has 0 bridgehead atoms. The Balaban J connectivity index is 1.45. The molecule has 32 heavy (non-hydrogen) atoms. The number of rotatable bonds is 7. The van der Waals surface area contributed by atoms with Crippen LogP contribution in [0.3, 0.4) is 0 Å². The number of amides is 3. The summed E-state index contributed by atoms with van der Waals surface area (Å²) in [5, 5.41) is -0.427. The minimum Gasteiger partial charge on any atom is -0.493 e. The van der Waals surface area contributed by atoms with Crippen LogP contribution in [0.5, 0.6) is 11.5 Å². The maximum absolute atomic E-state index is 12.7. The van der Waals surface area contributed by atoms with Gasteiger partial charge in [-0.05, 0) is 53.9 Å². The summed E-state index contributed by atoms with van der Waals surface area (Å²) >= 11 is 0.842. The molecule has 2 heterocycles. The molecule has 2 aliphatic heterocycles. The highest BCUT2D eigenvalue weighted by Gasteiger charge is 2.37. The van der Waals surface area contributed by atoms with Gasteiger partial charge in [0.2, 0.25) is 5.91 Å². The van der Waals surface area contributed by atoms with Crippen molar-refractivity contribution in [2.24, 2.45) is 0 Å².